The zero-order chi connectivity index (χ0) is 14.5. The Morgan fingerprint density at radius 3 is 2.60 bits per heavy atom. The van der Waals surface area contributed by atoms with E-state index in [-0.39, 0.29) is 11.4 Å². The van der Waals surface area contributed by atoms with Crippen molar-refractivity contribution < 1.29 is 9.53 Å². The summed E-state index contributed by atoms with van der Waals surface area (Å²) in [6.07, 6.45) is 4.97. The number of hydrogen-bond donors (Lipinski definition) is 0. The molecule has 0 saturated heterocycles. The fraction of sp³-hybridized carbons (Fsp3) is 0.611. The number of ether oxygens (including phenoxy) is 1. The van der Waals surface area contributed by atoms with Gasteiger partial charge in [0, 0.05) is 5.56 Å². The van der Waals surface area contributed by atoms with Gasteiger partial charge in [0.05, 0.1) is 5.56 Å². The van der Waals surface area contributed by atoms with Gasteiger partial charge in [0.25, 0.3) is 0 Å². The highest BCUT2D eigenvalue weighted by atomic mass is 16.5. The first-order chi connectivity index (χ1) is 9.32. The van der Waals surface area contributed by atoms with Crippen molar-refractivity contribution in [2.45, 2.75) is 65.4 Å². The number of fused-ring (bicyclic) bond motifs is 1. The monoisotopic (exact) mass is 272 g/mol. The van der Waals surface area contributed by atoms with E-state index < -0.39 is 0 Å². The van der Waals surface area contributed by atoms with Crippen LogP contribution >= 0.6 is 0 Å². The zero-order valence-electron chi connectivity index (χ0n) is 13.0. The average Bonchev–Trinajstić information content (AvgIpc) is 2.70. The Morgan fingerprint density at radius 1 is 1.15 bits per heavy atom. The van der Waals surface area contributed by atoms with Crippen LogP contribution in [0.5, 0.6) is 0 Å². The van der Waals surface area contributed by atoms with Gasteiger partial charge in [-0.25, -0.2) is 4.79 Å². The molecule has 1 atom stereocenters. The third kappa shape index (κ3) is 2.06. The van der Waals surface area contributed by atoms with E-state index in [0.717, 1.165) is 16.7 Å². The van der Waals surface area contributed by atoms with E-state index in [1.807, 2.05) is 0 Å². The molecule has 0 unspecified atom stereocenters. The van der Waals surface area contributed by atoms with Gasteiger partial charge in [0.1, 0.15) is 6.61 Å². The van der Waals surface area contributed by atoms with Crippen molar-refractivity contribution in [2.24, 2.45) is 5.41 Å². The number of esters is 1. The molecule has 1 fully saturated rings. The molecule has 1 aliphatic heterocycles. The Bertz CT molecular complexity index is 571. The van der Waals surface area contributed by atoms with Crippen molar-refractivity contribution in [3.8, 4) is 0 Å². The van der Waals surface area contributed by atoms with Crippen LogP contribution in [-0.2, 0) is 16.8 Å². The zero-order valence-corrected chi connectivity index (χ0v) is 13.0. The lowest BCUT2D eigenvalue weighted by molar-refractivity contribution is 0.0534. The van der Waals surface area contributed by atoms with E-state index in [1.54, 1.807) is 0 Å². The summed E-state index contributed by atoms with van der Waals surface area (Å²) in [4.78, 5) is 11.9. The highest BCUT2D eigenvalue weighted by Crippen LogP contribution is 2.49. The second kappa shape index (κ2) is 4.34. The number of rotatable bonds is 1. The summed E-state index contributed by atoms with van der Waals surface area (Å²) in [6, 6.07) is 4.33. The van der Waals surface area contributed by atoms with Gasteiger partial charge in [-0.2, -0.15) is 0 Å². The molecule has 1 aromatic carbocycles. The first-order valence-electron chi connectivity index (χ1n) is 7.63. The van der Waals surface area contributed by atoms with Crippen molar-refractivity contribution in [1.29, 1.82) is 0 Å². The van der Waals surface area contributed by atoms with Crippen LogP contribution in [0.3, 0.4) is 0 Å². The maximum atomic E-state index is 11.9. The Balaban J connectivity index is 2.07. The van der Waals surface area contributed by atoms with Crippen LogP contribution in [0.25, 0.3) is 0 Å². The summed E-state index contributed by atoms with van der Waals surface area (Å²) in [7, 11) is 0. The van der Waals surface area contributed by atoms with Crippen LogP contribution < -0.4 is 0 Å². The molecule has 0 amide bonds. The molecule has 20 heavy (non-hydrogen) atoms. The van der Waals surface area contributed by atoms with E-state index in [1.165, 1.54) is 31.2 Å². The third-order valence-corrected chi connectivity index (χ3v) is 5.22. The molecular formula is C18H24O2. The highest BCUT2D eigenvalue weighted by Gasteiger charge is 2.39. The number of carbonyl (C=O) groups is 1. The average molecular weight is 272 g/mol. The molecule has 3 rings (SSSR count). The molecule has 0 spiro atoms. The molecule has 0 aromatic heterocycles. The largest absolute Gasteiger partial charge is 0.457 e. The molecule has 2 heteroatoms. The second-order valence-corrected chi connectivity index (χ2v) is 7.60. The van der Waals surface area contributed by atoms with Gasteiger partial charge in [-0.15, -0.1) is 0 Å². The molecular weight excluding hydrogens is 248 g/mol. The van der Waals surface area contributed by atoms with Crippen LogP contribution in [0.1, 0.15) is 73.5 Å². The maximum Gasteiger partial charge on any atom is 0.339 e. The molecule has 1 aliphatic carbocycles. The summed E-state index contributed by atoms with van der Waals surface area (Å²) < 4.78 is 5.18. The molecule has 1 aromatic rings. The van der Waals surface area contributed by atoms with Crippen molar-refractivity contribution in [3.63, 3.8) is 0 Å². The number of cyclic esters (lactones) is 1. The first kappa shape index (κ1) is 13.7. The molecule has 1 saturated carbocycles. The third-order valence-electron chi connectivity index (χ3n) is 5.22. The maximum absolute atomic E-state index is 11.9. The van der Waals surface area contributed by atoms with Crippen LogP contribution in [0.15, 0.2) is 12.1 Å². The minimum absolute atomic E-state index is 0.141. The lowest BCUT2D eigenvalue weighted by Crippen LogP contribution is -2.35. The molecule has 2 aliphatic rings. The SMILES string of the molecule is Cc1c([C@@]2(C)CCCC(C)(C)C2)ccc2c1C(=O)OC2. The standard InChI is InChI=1S/C18H24O2/c1-12-14(7-6-13-10-20-16(19)15(12)13)18(4)9-5-8-17(2,3)11-18/h6-7H,5,8-11H2,1-4H3/t18-/m0/s1. The lowest BCUT2D eigenvalue weighted by Gasteiger charge is -2.44. The molecule has 0 bridgehead atoms. The first-order valence-corrected chi connectivity index (χ1v) is 7.63. The van der Waals surface area contributed by atoms with Crippen molar-refractivity contribution in [3.05, 3.63) is 34.4 Å². The van der Waals surface area contributed by atoms with E-state index in [4.69, 9.17) is 4.74 Å². The highest BCUT2D eigenvalue weighted by molar-refractivity contribution is 5.95. The second-order valence-electron chi connectivity index (χ2n) is 7.60. The summed E-state index contributed by atoms with van der Waals surface area (Å²) >= 11 is 0. The molecule has 1 heterocycles. The topological polar surface area (TPSA) is 26.3 Å². The van der Waals surface area contributed by atoms with E-state index in [0.29, 0.717) is 12.0 Å². The van der Waals surface area contributed by atoms with Gasteiger partial charge in [-0.1, -0.05) is 39.3 Å². The smallest absolute Gasteiger partial charge is 0.339 e. The normalized spacial score (nSPS) is 28.1. The molecule has 0 radical (unpaired) electrons. The summed E-state index contributed by atoms with van der Waals surface area (Å²) in [5, 5.41) is 0. The van der Waals surface area contributed by atoms with E-state index in [9.17, 15) is 4.79 Å². The quantitative estimate of drug-likeness (QED) is 0.702. The number of hydrogen-bond acceptors (Lipinski definition) is 2. The fourth-order valence-corrected chi connectivity index (χ4v) is 4.46. The predicted molar refractivity (Wildman–Crippen MR) is 79.9 cm³/mol. The predicted octanol–water partition coefficient (Wildman–Crippen LogP) is 4.52. The Morgan fingerprint density at radius 2 is 1.90 bits per heavy atom. The van der Waals surface area contributed by atoms with E-state index in [2.05, 4.69) is 39.8 Å². The summed E-state index contributed by atoms with van der Waals surface area (Å²) in [5.74, 6) is -0.141. The summed E-state index contributed by atoms with van der Waals surface area (Å²) in [5.41, 5.74) is 4.94. The van der Waals surface area contributed by atoms with E-state index >= 15 is 0 Å². The molecule has 0 N–H and O–H groups in total. The van der Waals surface area contributed by atoms with Crippen LogP contribution in [0.4, 0.5) is 0 Å². The Labute approximate surface area is 121 Å². The van der Waals surface area contributed by atoms with Crippen LogP contribution in [0.2, 0.25) is 0 Å². The Kier molecular flexibility index (Phi) is 2.97. The lowest BCUT2D eigenvalue weighted by atomic mass is 9.61. The van der Waals surface area contributed by atoms with Gasteiger partial charge < -0.3 is 4.74 Å². The molecule has 108 valence electrons. The van der Waals surface area contributed by atoms with Crippen LogP contribution in [0, 0.1) is 12.3 Å². The van der Waals surface area contributed by atoms with Crippen molar-refractivity contribution in [2.75, 3.05) is 0 Å². The van der Waals surface area contributed by atoms with Gasteiger partial charge in [0.2, 0.25) is 0 Å². The number of carbonyl (C=O) groups excluding carboxylic acids is 1. The summed E-state index contributed by atoms with van der Waals surface area (Å²) in [6.45, 7) is 9.62. The van der Waals surface area contributed by atoms with Crippen LogP contribution in [-0.4, -0.2) is 5.97 Å². The minimum atomic E-state index is -0.141. The Hall–Kier alpha value is -1.31. The molecule has 2 nitrogen and oxygen atoms in total. The van der Waals surface area contributed by atoms with Gasteiger partial charge in [-0.05, 0) is 48.1 Å². The van der Waals surface area contributed by atoms with Crippen molar-refractivity contribution >= 4 is 5.97 Å². The van der Waals surface area contributed by atoms with Gasteiger partial charge in [-0.3, -0.25) is 0 Å². The number of benzene rings is 1. The van der Waals surface area contributed by atoms with Crippen molar-refractivity contribution in [1.82, 2.24) is 0 Å². The van der Waals surface area contributed by atoms with Gasteiger partial charge in [0.15, 0.2) is 0 Å². The fourth-order valence-electron chi connectivity index (χ4n) is 4.46. The van der Waals surface area contributed by atoms with Gasteiger partial charge >= 0.3 is 5.97 Å². The minimum Gasteiger partial charge on any atom is -0.457 e.